The summed E-state index contributed by atoms with van der Waals surface area (Å²) in [4.78, 5) is 33.9. The van der Waals surface area contributed by atoms with Gasteiger partial charge in [-0.1, -0.05) is 29.8 Å². The van der Waals surface area contributed by atoms with Gasteiger partial charge in [-0.2, -0.15) is 10.1 Å². The smallest absolute Gasteiger partial charge is 0.262 e. The van der Waals surface area contributed by atoms with Crippen LogP contribution in [0.5, 0.6) is 0 Å². The van der Waals surface area contributed by atoms with Gasteiger partial charge in [0, 0.05) is 23.9 Å². The van der Waals surface area contributed by atoms with Crippen LogP contribution < -0.4 is 10.9 Å². The van der Waals surface area contributed by atoms with Crippen molar-refractivity contribution >= 4 is 33.4 Å². The second-order valence-corrected chi connectivity index (χ2v) is 6.93. The number of thiophene rings is 1. The molecule has 9 heteroatoms. The Morgan fingerprint density at radius 2 is 2.07 bits per heavy atom. The summed E-state index contributed by atoms with van der Waals surface area (Å²) in [5, 5.41) is 11.3. The van der Waals surface area contributed by atoms with E-state index in [1.54, 1.807) is 0 Å². The van der Waals surface area contributed by atoms with Crippen molar-refractivity contribution in [3.05, 3.63) is 58.2 Å². The van der Waals surface area contributed by atoms with E-state index in [1.165, 1.54) is 28.6 Å². The first-order valence-electron chi connectivity index (χ1n) is 8.31. The van der Waals surface area contributed by atoms with Crippen molar-refractivity contribution in [3.63, 3.8) is 0 Å². The number of benzene rings is 1. The summed E-state index contributed by atoms with van der Waals surface area (Å²) >= 11 is 1.44. The topological polar surface area (TPSA) is 106 Å². The minimum Gasteiger partial charge on any atom is -0.298 e. The molecule has 0 saturated heterocycles. The van der Waals surface area contributed by atoms with E-state index in [2.05, 4.69) is 25.5 Å². The van der Waals surface area contributed by atoms with Crippen LogP contribution in [0.4, 0.5) is 5.95 Å². The zero-order chi connectivity index (χ0) is 18.8. The van der Waals surface area contributed by atoms with Crippen LogP contribution in [0, 0.1) is 6.92 Å². The van der Waals surface area contributed by atoms with Crippen LogP contribution in [0.2, 0.25) is 0 Å². The summed E-state index contributed by atoms with van der Waals surface area (Å²) in [5.74, 6) is 0.0169. The Hall–Kier alpha value is -3.33. The fraction of sp³-hybridized carbons (Fsp3) is 0.167. The number of amides is 1. The Morgan fingerprint density at radius 3 is 2.81 bits per heavy atom. The van der Waals surface area contributed by atoms with Crippen molar-refractivity contribution < 1.29 is 4.79 Å². The lowest BCUT2D eigenvalue weighted by molar-refractivity contribution is -0.116. The summed E-state index contributed by atoms with van der Waals surface area (Å²) < 4.78 is 1.46. The van der Waals surface area contributed by atoms with Gasteiger partial charge in [-0.15, -0.1) is 11.3 Å². The van der Waals surface area contributed by atoms with Gasteiger partial charge in [0.05, 0.1) is 11.7 Å². The molecule has 8 nitrogen and oxygen atoms in total. The maximum Gasteiger partial charge on any atom is 0.262 e. The van der Waals surface area contributed by atoms with Crippen LogP contribution >= 0.6 is 11.3 Å². The monoisotopic (exact) mass is 380 g/mol. The lowest BCUT2D eigenvalue weighted by atomic mass is 10.1. The number of aromatic nitrogens is 5. The Balaban J connectivity index is 1.60. The molecule has 0 unspecified atom stereocenters. The first-order chi connectivity index (χ1) is 13.1. The molecule has 0 bridgehead atoms. The van der Waals surface area contributed by atoms with Gasteiger partial charge >= 0.3 is 0 Å². The SMILES string of the molecule is Cc1ccc(-c2csc3ncn(CCC(=O)Nc4ncn[nH]4)c(=O)c23)cc1. The third kappa shape index (κ3) is 3.49. The van der Waals surface area contributed by atoms with Crippen molar-refractivity contribution in [1.29, 1.82) is 0 Å². The number of nitrogens with one attached hydrogen (secondary N) is 2. The van der Waals surface area contributed by atoms with Gasteiger partial charge in [-0.05, 0) is 12.5 Å². The van der Waals surface area contributed by atoms with Gasteiger partial charge < -0.3 is 0 Å². The van der Waals surface area contributed by atoms with Gasteiger partial charge in [0.15, 0.2) is 0 Å². The van der Waals surface area contributed by atoms with Crippen LogP contribution in [0.25, 0.3) is 21.3 Å². The number of nitrogens with zero attached hydrogens (tertiary/aromatic N) is 4. The van der Waals surface area contributed by atoms with E-state index in [9.17, 15) is 9.59 Å². The Labute approximate surface area is 157 Å². The van der Waals surface area contributed by atoms with E-state index in [-0.39, 0.29) is 30.4 Å². The van der Waals surface area contributed by atoms with Crippen LogP contribution in [-0.2, 0) is 11.3 Å². The Bertz CT molecular complexity index is 1150. The normalized spacial score (nSPS) is 11.0. The minimum absolute atomic E-state index is 0.123. The predicted molar refractivity (Wildman–Crippen MR) is 104 cm³/mol. The van der Waals surface area contributed by atoms with Crippen molar-refractivity contribution in [2.24, 2.45) is 0 Å². The number of aryl methyl sites for hydroxylation is 2. The van der Waals surface area contributed by atoms with Gasteiger partial charge in [0.1, 0.15) is 11.2 Å². The highest BCUT2D eigenvalue weighted by atomic mass is 32.1. The molecule has 4 rings (SSSR count). The van der Waals surface area contributed by atoms with E-state index in [1.807, 2.05) is 36.6 Å². The van der Waals surface area contributed by atoms with E-state index in [0.717, 1.165) is 16.7 Å². The van der Waals surface area contributed by atoms with Gasteiger partial charge in [0.2, 0.25) is 11.9 Å². The lowest BCUT2D eigenvalue weighted by Gasteiger charge is -2.06. The first kappa shape index (κ1) is 17.1. The maximum atomic E-state index is 12.9. The van der Waals surface area contributed by atoms with Crippen LogP contribution in [0.1, 0.15) is 12.0 Å². The number of hydrogen-bond donors (Lipinski definition) is 2. The molecule has 0 aliphatic carbocycles. The molecule has 1 aromatic carbocycles. The van der Waals surface area contributed by atoms with Crippen molar-refractivity contribution in [1.82, 2.24) is 24.7 Å². The first-order valence-corrected chi connectivity index (χ1v) is 9.18. The molecule has 1 amide bonds. The van der Waals surface area contributed by atoms with Crippen LogP contribution in [0.15, 0.2) is 47.1 Å². The number of carbonyl (C=O) groups is 1. The summed E-state index contributed by atoms with van der Waals surface area (Å²) in [6, 6.07) is 8.03. The molecule has 0 atom stereocenters. The summed E-state index contributed by atoms with van der Waals surface area (Å²) in [6.45, 7) is 2.25. The highest BCUT2D eigenvalue weighted by Gasteiger charge is 2.14. The molecular weight excluding hydrogens is 364 g/mol. The summed E-state index contributed by atoms with van der Waals surface area (Å²) in [5.41, 5.74) is 2.86. The molecule has 0 spiro atoms. The van der Waals surface area contributed by atoms with E-state index < -0.39 is 0 Å². The fourth-order valence-corrected chi connectivity index (χ4v) is 3.66. The Kier molecular flexibility index (Phi) is 4.51. The number of fused-ring (bicyclic) bond motifs is 1. The Morgan fingerprint density at radius 1 is 1.26 bits per heavy atom. The molecule has 2 N–H and O–H groups in total. The highest BCUT2D eigenvalue weighted by molar-refractivity contribution is 7.17. The number of anilines is 1. The van der Waals surface area contributed by atoms with Crippen LogP contribution in [0.3, 0.4) is 0 Å². The predicted octanol–water partition coefficient (Wildman–Crippen LogP) is 2.58. The molecule has 4 aromatic rings. The number of carbonyl (C=O) groups excluding carboxylic acids is 1. The maximum absolute atomic E-state index is 12.9. The zero-order valence-electron chi connectivity index (χ0n) is 14.5. The fourth-order valence-electron chi connectivity index (χ4n) is 2.75. The number of hydrogen-bond acceptors (Lipinski definition) is 6. The average Bonchev–Trinajstić information content (AvgIpc) is 3.32. The second-order valence-electron chi connectivity index (χ2n) is 6.07. The van der Waals surface area contributed by atoms with Crippen molar-refractivity contribution in [2.45, 2.75) is 19.9 Å². The number of H-pyrrole nitrogens is 1. The quantitative estimate of drug-likeness (QED) is 0.554. The molecule has 3 aromatic heterocycles. The van der Waals surface area contributed by atoms with Gasteiger partial charge in [-0.25, -0.2) is 10.1 Å². The minimum atomic E-state index is -0.261. The van der Waals surface area contributed by atoms with E-state index in [4.69, 9.17) is 0 Å². The average molecular weight is 380 g/mol. The summed E-state index contributed by atoms with van der Waals surface area (Å²) in [7, 11) is 0. The lowest BCUT2D eigenvalue weighted by Crippen LogP contribution is -2.23. The standard InChI is InChI=1S/C18H16N6O2S/c1-11-2-4-12(5-3-11)13-8-27-16-15(13)17(26)24(10-20-16)7-6-14(25)22-18-19-9-21-23-18/h2-5,8-10H,6-7H2,1H3,(H2,19,21,22,23,25). The van der Waals surface area contributed by atoms with Gasteiger partial charge in [-0.3, -0.25) is 19.5 Å². The molecule has 0 aliphatic heterocycles. The molecule has 0 fully saturated rings. The molecular formula is C18H16N6O2S. The zero-order valence-corrected chi connectivity index (χ0v) is 15.3. The van der Waals surface area contributed by atoms with Gasteiger partial charge in [0.25, 0.3) is 5.56 Å². The largest absolute Gasteiger partial charge is 0.298 e. The molecule has 0 saturated carbocycles. The third-order valence-electron chi connectivity index (χ3n) is 4.18. The second kappa shape index (κ2) is 7.12. The molecule has 0 radical (unpaired) electrons. The summed E-state index contributed by atoms with van der Waals surface area (Å²) in [6.07, 6.45) is 2.92. The number of rotatable bonds is 5. The number of aromatic amines is 1. The van der Waals surface area contributed by atoms with Crippen molar-refractivity contribution in [2.75, 3.05) is 5.32 Å². The van der Waals surface area contributed by atoms with E-state index in [0.29, 0.717) is 10.2 Å². The molecule has 3 heterocycles. The molecule has 136 valence electrons. The van der Waals surface area contributed by atoms with Crippen molar-refractivity contribution in [3.8, 4) is 11.1 Å². The van der Waals surface area contributed by atoms with E-state index >= 15 is 0 Å². The molecule has 27 heavy (non-hydrogen) atoms. The van der Waals surface area contributed by atoms with Crippen LogP contribution in [-0.4, -0.2) is 30.6 Å². The third-order valence-corrected chi connectivity index (χ3v) is 5.06. The molecule has 0 aliphatic rings. The highest BCUT2D eigenvalue weighted by Crippen LogP contribution is 2.30.